The fourth-order valence-corrected chi connectivity index (χ4v) is 2.64. The predicted octanol–water partition coefficient (Wildman–Crippen LogP) is 3.31. The number of rotatable bonds is 4. The third-order valence-corrected chi connectivity index (χ3v) is 3.80. The maximum absolute atomic E-state index is 12.3. The Bertz CT molecular complexity index is 635. The van der Waals surface area contributed by atoms with Crippen LogP contribution in [0.5, 0.6) is 5.75 Å². The Hall–Kier alpha value is -2.24. The zero-order chi connectivity index (χ0) is 18.6. The number of benzene rings is 1. The molecular formula is C19H27NO5. The molecule has 1 aromatic rings. The quantitative estimate of drug-likeness (QED) is 0.780. The van der Waals surface area contributed by atoms with Gasteiger partial charge in [0.15, 0.2) is 6.10 Å². The zero-order valence-electron chi connectivity index (χ0n) is 15.6. The predicted molar refractivity (Wildman–Crippen MR) is 93.5 cm³/mol. The lowest BCUT2D eigenvalue weighted by atomic mass is 9.99. The molecule has 138 valence electrons. The van der Waals surface area contributed by atoms with E-state index in [1.165, 1.54) is 0 Å². The second kappa shape index (κ2) is 7.76. The van der Waals surface area contributed by atoms with Crippen molar-refractivity contribution in [3.63, 3.8) is 0 Å². The molecule has 6 nitrogen and oxygen atoms in total. The molecular weight excluding hydrogens is 322 g/mol. The van der Waals surface area contributed by atoms with Gasteiger partial charge in [0.05, 0.1) is 13.2 Å². The van der Waals surface area contributed by atoms with Gasteiger partial charge in [-0.2, -0.15) is 0 Å². The van der Waals surface area contributed by atoms with Crippen LogP contribution in [0, 0.1) is 0 Å². The van der Waals surface area contributed by atoms with Gasteiger partial charge in [-0.3, -0.25) is 0 Å². The molecule has 0 saturated heterocycles. The highest BCUT2D eigenvalue weighted by atomic mass is 16.6. The first kappa shape index (κ1) is 19.1. The molecule has 1 atom stereocenters. The van der Waals surface area contributed by atoms with E-state index in [4.69, 9.17) is 14.2 Å². The molecule has 1 aromatic carbocycles. The van der Waals surface area contributed by atoms with Gasteiger partial charge in [0.1, 0.15) is 11.4 Å². The summed E-state index contributed by atoms with van der Waals surface area (Å²) >= 11 is 0. The maximum atomic E-state index is 12.3. The van der Waals surface area contributed by atoms with Crippen molar-refractivity contribution in [1.82, 2.24) is 4.90 Å². The van der Waals surface area contributed by atoms with Crippen LogP contribution in [0.3, 0.4) is 0 Å². The second-order valence-electron chi connectivity index (χ2n) is 7.06. The number of amides is 1. The second-order valence-corrected chi connectivity index (χ2v) is 7.06. The summed E-state index contributed by atoms with van der Waals surface area (Å²) in [4.78, 5) is 25.8. The molecule has 0 aliphatic carbocycles. The van der Waals surface area contributed by atoms with Crippen LogP contribution in [-0.2, 0) is 27.2 Å². The Morgan fingerprint density at radius 3 is 2.64 bits per heavy atom. The minimum Gasteiger partial charge on any atom is -0.479 e. The number of hydrogen-bond donors (Lipinski definition) is 0. The Kier molecular flexibility index (Phi) is 5.93. The summed E-state index contributed by atoms with van der Waals surface area (Å²) in [5.41, 5.74) is 1.50. The van der Waals surface area contributed by atoms with Gasteiger partial charge in [-0.05, 0) is 52.7 Å². The van der Waals surface area contributed by atoms with E-state index in [0.29, 0.717) is 25.4 Å². The van der Waals surface area contributed by atoms with Crippen LogP contribution >= 0.6 is 0 Å². The van der Waals surface area contributed by atoms with Crippen LogP contribution in [-0.4, -0.2) is 41.8 Å². The SMILES string of the molecule is CCOC(=O)C(C)Oc1cccc2c1CN(C(=O)OC(C)(C)C)CC2. The van der Waals surface area contributed by atoms with E-state index in [1.807, 2.05) is 39.0 Å². The molecule has 25 heavy (non-hydrogen) atoms. The Balaban J connectivity index is 2.14. The summed E-state index contributed by atoms with van der Waals surface area (Å²) < 4.78 is 16.2. The molecule has 0 N–H and O–H groups in total. The van der Waals surface area contributed by atoms with E-state index in [0.717, 1.165) is 17.5 Å². The lowest BCUT2D eigenvalue weighted by Crippen LogP contribution is -2.40. The summed E-state index contributed by atoms with van der Waals surface area (Å²) in [6, 6.07) is 5.73. The number of nitrogens with zero attached hydrogens (tertiary/aromatic N) is 1. The number of fused-ring (bicyclic) bond motifs is 1. The Morgan fingerprint density at radius 1 is 1.28 bits per heavy atom. The summed E-state index contributed by atoms with van der Waals surface area (Å²) in [6.07, 6.45) is -0.325. The fraction of sp³-hybridized carbons (Fsp3) is 0.579. The van der Waals surface area contributed by atoms with E-state index in [9.17, 15) is 9.59 Å². The number of hydrogen-bond acceptors (Lipinski definition) is 5. The number of carbonyl (C=O) groups is 2. The molecule has 1 heterocycles. The van der Waals surface area contributed by atoms with Crippen molar-refractivity contribution in [3.05, 3.63) is 29.3 Å². The monoisotopic (exact) mass is 349 g/mol. The lowest BCUT2D eigenvalue weighted by molar-refractivity contribution is -0.150. The van der Waals surface area contributed by atoms with Gasteiger partial charge in [0.2, 0.25) is 0 Å². The van der Waals surface area contributed by atoms with Gasteiger partial charge in [0.25, 0.3) is 0 Å². The van der Waals surface area contributed by atoms with E-state index in [1.54, 1.807) is 18.7 Å². The highest BCUT2D eigenvalue weighted by molar-refractivity contribution is 5.74. The van der Waals surface area contributed by atoms with Crippen LogP contribution in [0.15, 0.2) is 18.2 Å². The molecule has 1 unspecified atom stereocenters. The van der Waals surface area contributed by atoms with Crippen molar-refractivity contribution < 1.29 is 23.8 Å². The van der Waals surface area contributed by atoms with Gasteiger partial charge >= 0.3 is 12.1 Å². The lowest BCUT2D eigenvalue weighted by Gasteiger charge is -2.32. The van der Waals surface area contributed by atoms with Crippen molar-refractivity contribution >= 4 is 12.1 Å². The van der Waals surface area contributed by atoms with Gasteiger partial charge in [-0.1, -0.05) is 12.1 Å². The highest BCUT2D eigenvalue weighted by Crippen LogP contribution is 2.29. The summed E-state index contributed by atoms with van der Waals surface area (Å²) in [6.45, 7) is 10.3. The minimum absolute atomic E-state index is 0.311. The molecule has 0 radical (unpaired) electrons. The molecule has 6 heteroatoms. The van der Waals surface area contributed by atoms with Crippen LogP contribution < -0.4 is 4.74 Å². The van der Waals surface area contributed by atoms with Crippen molar-refractivity contribution in [3.8, 4) is 5.75 Å². The molecule has 1 aliphatic rings. The number of carbonyl (C=O) groups excluding carboxylic acids is 2. The van der Waals surface area contributed by atoms with Gasteiger partial charge in [-0.25, -0.2) is 9.59 Å². The third-order valence-electron chi connectivity index (χ3n) is 3.80. The van der Waals surface area contributed by atoms with Crippen LogP contribution in [0.1, 0.15) is 45.7 Å². The first-order valence-corrected chi connectivity index (χ1v) is 8.63. The average Bonchev–Trinajstić information content (AvgIpc) is 2.53. The van der Waals surface area contributed by atoms with Crippen molar-refractivity contribution in [1.29, 1.82) is 0 Å². The van der Waals surface area contributed by atoms with E-state index < -0.39 is 17.7 Å². The molecule has 2 rings (SSSR count). The van der Waals surface area contributed by atoms with Gasteiger partial charge in [0, 0.05) is 12.1 Å². The van der Waals surface area contributed by atoms with Crippen molar-refractivity contribution in [2.45, 2.75) is 59.3 Å². The van der Waals surface area contributed by atoms with Crippen LogP contribution in [0.4, 0.5) is 4.79 Å². The standard InChI is InChI=1S/C19H27NO5/c1-6-23-17(21)13(2)24-16-9-7-8-14-10-11-20(12-15(14)16)18(22)25-19(3,4)5/h7-9,13H,6,10-12H2,1-5H3. The van der Waals surface area contributed by atoms with E-state index in [-0.39, 0.29) is 6.09 Å². The van der Waals surface area contributed by atoms with Crippen molar-refractivity contribution in [2.24, 2.45) is 0 Å². The fourth-order valence-electron chi connectivity index (χ4n) is 2.64. The molecule has 1 amide bonds. The summed E-state index contributed by atoms with van der Waals surface area (Å²) in [5, 5.41) is 0. The minimum atomic E-state index is -0.705. The zero-order valence-corrected chi connectivity index (χ0v) is 15.6. The van der Waals surface area contributed by atoms with E-state index >= 15 is 0 Å². The smallest absolute Gasteiger partial charge is 0.410 e. The van der Waals surface area contributed by atoms with Crippen LogP contribution in [0.2, 0.25) is 0 Å². The number of esters is 1. The maximum Gasteiger partial charge on any atom is 0.410 e. The molecule has 0 saturated carbocycles. The van der Waals surface area contributed by atoms with Gasteiger partial charge < -0.3 is 19.1 Å². The summed E-state index contributed by atoms with van der Waals surface area (Å²) in [7, 11) is 0. The Labute approximate surface area is 149 Å². The van der Waals surface area contributed by atoms with Gasteiger partial charge in [-0.15, -0.1) is 0 Å². The molecule has 0 bridgehead atoms. The first-order valence-electron chi connectivity index (χ1n) is 8.63. The average molecular weight is 349 g/mol. The highest BCUT2D eigenvalue weighted by Gasteiger charge is 2.28. The molecule has 0 fully saturated rings. The summed E-state index contributed by atoms with van der Waals surface area (Å²) in [5.74, 6) is 0.200. The Morgan fingerprint density at radius 2 is 2.00 bits per heavy atom. The largest absolute Gasteiger partial charge is 0.479 e. The molecule has 0 spiro atoms. The van der Waals surface area contributed by atoms with Crippen molar-refractivity contribution in [2.75, 3.05) is 13.2 Å². The van der Waals surface area contributed by atoms with Crippen LogP contribution in [0.25, 0.3) is 0 Å². The third kappa shape index (κ3) is 5.11. The first-order chi connectivity index (χ1) is 11.7. The normalized spacial score (nSPS) is 15.2. The molecule has 1 aliphatic heterocycles. The molecule has 0 aromatic heterocycles. The van der Waals surface area contributed by atoms with E-state index in [2.05, 4.69) is 0 Å². The topological polar surface area (TPSA) is 65.1 Å². The number of ether oxygens (including phenoxy) is 3.